The minimum atomic E-state index is -4.50. The molecule has 1 aliphatic carbocycles. The molecular formula is C34H42F3NO5. The highest BCUT2D eigenvalue weighted by Gasteiger charge is 2.42. The van der Waals surface area contributed by atoms with Crippen molar-refractivity contribution in [3.8, 4) is 5.75 Å². The standard InChI is InChI=1S/C34H42F3NO5/c1-20-13-22(15-25(14-20)34(35,36)37)30-21(2)38(31(40)43-30)19-23-17-32(3,4)12-11-26(23)27-16-24(9-10-28(27)41-7)33(5,6)18-29(39)42-8/h9-10,13-16,21,30H,11-12,17-19H2,1-8H3/t21-,30-/m0/s1. The number of rotatable bonds is 8. The highest BCUT2D eigenvalue weighted by atomic mass is 19.4. The van der Waals surface area contributed by atoms with Crippen LogP contribution in [0.1, 0.15) is 94.2 Å². The van der Waals surface area contributed by atoms with Crippen molar-refractivity contribution in [1.29, 1.82) is 0 Å². The number of carbonyl (C=O) groups excluding carboxylic acids is 2. The zero-order valence-electron chi connectivity index (χ0n) is 26.3. The van der Waals surface area contributed by atoms with Gasteiger partial charge in [-0.1, -0.05) is 45.4 Å². The number of benzene rings is 2. The van der Waals surface area contributed by atoms with Crippen LogP contribution in [0, 0.1) is 12.3 Å². The summed E-state index contributed by atoms with van der Waals surface area (Å²) in [5.41, 5.74) is 3.51. The number of carbonyl (C=O) groups is 2. The van der Waals surface area contributed by atoms with E-state index in [-0.39, 0.29) is 24.3 Å². The summed E-state index contributed by atoms with van der Waals surface area (Å²) in [5.74, 6) is 0.396. The van der Waals surface area contributed by atoms with Gasteiger partial charge in [0.05, 0.1) is 32.2 Å². The zero-order chi connectivity index (χ0) is 31.9. The fraction of sp³-hybridized carbons (Fsp3) is 0.529. The molecule has 1 aliphatic heterocycles. The van der Waals surface area contributed by atoms with Crippen LogP contribution >= 0.6 is 0 Å². The summed E-state index contributed by atoms with van der Waals surface area (Å²) in [6.45, 7) is 12.1. The number of allylic oxidation sites excluding steroid dienone is 1. The number of halogens is 3. The maximum Gasteiger partial charge on any atom is 0.416 e. The number of amides is 1. The molecular weight excluding hydrogens is 559 g/mol. The van der Waals surface area contributed by atoms with E-state index in [1.807, 2.05) is 32.9 Å². The first-order valence-corrected chi connectivity index (χ1v) is 14.6. The molecule has 43 heavy (non-hydrogen) atoms. The van der Waals surface area contributed by atoms with Crippen LogP contribution in [0.15, 0.2) is 42.0 Å². The van der Waals surface area contributed by atoms with Crippen molar-refractivity contribution in [1.82, 2.24) is 4.90 Å². The summed E-state index contributed by atoms with van der Waals surface area (Å²) in [6.07, 6.45) is -3.26. The lowest BCUT2D eigenvalue weighted by molar-refractivity contribution is -0.142. The van der Waals surface area contributed by atoms with Crippen LogP contribution in [0.4, 0.5) is 18.0 Å². The number of hydrogen-bond donors (Lipinski definition) is 0. The summed E-state index contributed by atoms with van der Waals surface area (Å²) in [4.78, 5) is 27.0. The number of alkyl halides is 3. The van der Waals surface area contributed by atoms with Gasteiger partial charge in [0.25, 0.3) is 0 Å². The minimum Gasteiger partial charge on any atom is -0.496 e. The molecule has 1 heterocycles. The van der Waals surface area contributed by atoms with Gasteiger partial charge >= 0.3 is 18.2 Å². The molecule has 1 fully saturated rings. The fourth-order valence-corrected chi connectivity index (χ4v) is 6.30. The molecule has 0 spiro atoms. The molecule has 6 nitrogen and oxygen atoms in total. The molecule has 0 saturated carbocycles. The third kappa shape index (κ3) is 7.02. The van der Waals surface area contributed by atoms with Crippen LogP contribution in [-0.4, -0.2) is 43.8 Å². The monoisotopic (exact) mass is 601 g/mol. The van der Waals surface area contributed by atoms with E-state index in [9.17, 15) is 22.8 Å². The van der Waals surface area contributed by atoms with Crippen LogP contribution in [0.25, 0.3) is 5.57 Å². The van der Waals surface area contributed by atoms with Crippen molar-refractivity contribution in [2.75, 3.05) is 20.8 Å². The molecule has 0 radical (unpaired) electrons. The van der Waals surface area contributed by atoms with Crippen molar-refractivity contribution in [3.05, 3.63) is 69.8 Å². The first-order chi connectivity index (χ1) is 20.0. The molecule has 1 amide bonds. The van der Waals surface area contributed by atoms with Crippen molar-refractivity contribution < 1.29 is 37.0 Å². The summed E-state index contributed by atoms with van der Waals surface area (Å²) >= 11 is 0. The number of aryl methyl sites for hydroxylation is 1. The van der Waals surface area contributed by atoms with E-state index >= 15 is 0 Å². The van der Waals surface area contributed by atoms with Gasteiger partial charge in [0.1, 0.15) is 11.9 Å². The van der Waals surface area contributed by atoms with E-state index in [1.54, 1.807) is 25.0 Å². The largest absolute Gasteiger partial charge is 0.496 e. The Hall–Kier alpha value is -3.49. The van der Waals surface area contributed by atoms with Gasteiger partial charge in [0, 0.05) is 17.5 Å². The number of cyclic esters (lactones) is 1. The molecule has 0 aromatic heterocycles. The Labute approximate surface area is 252 Å². The van der Waals surface area contributed by atoms with E-state index in [4.69, 9.17) is 14.2 Å². The van der Waals surface area contributed by atoms with Crippen LogP contribution in [-0.2, 0) is 25.9 Å². The highest BCUT2D eigenvalue weighted by molar-refractivity contribution is 5.78. The van der Waals surface area contributed by atoms with Crippen molar-refractivity contribution in [3.63, 3.8) is 0 Å². The van der Waals surface area contributed by atoms with Crippen LogP contribution in [0.5, 0.6) is 5.75 Å². The maximum atomic E-state index is 13.6. The highest BCUT2D eigenvalue weighted by Crippen LogP contribution is 2.47. The molecule has 9 heteroatoms. The Kier molecular flexibility index (Phi) is 8.96. The second-order valence-corrected chi connectivity index (χ2v) is 13.3. The van der Waals surface area contributed by atoms with E-state index in [0.29, 0.717) is 16.9 Å². The molecule has 0 unspecified atom stereocenters. The Morgan fingerprint density at radius 1 is 1.09 bits per heavy atom. The molecule has 2 aromatic carbocycles. The summed E-state index contributed by atoms with van der Waals surface area (Å²) in [5, 5.41) is 0. The second-order valence-electron chi connectivity index (χ2n) is 13.3. The molecule has 2 aliphatic rings. The minimum absolute atomic E-state index is 0.0156. The second kappa shape index (κ2) is 11.9. The zero-order valence-corrected chi connectivity index (χ0v) is 26.3. The first-order valence-electron chi connectivity index (χ1n) is 14.6. The fourth-order valence-electron chi connectivity index (χ4n) is 6.30. The number of ether oxygens (including phenoxy) is 3. The lowest BCUT2D eigenvalue weighted by Crippen LogP contribution is -2.35. The van der Waals surface area contributed by atoms with Gasteiger partial charge in [-0.25, -0.2) is 4.79 Å². The molecule has 0 bridgehead atoms. The van der Waals surface area contributed by atoms with Crippen molar-refractivity contribution in [2.24, 2.45) is 5.41 Å². The van der Waals surface area contributed by atoms with Gasteiger partial charge in [0.2, 0.25) is 0 Å². The normalized spacial score (nSPS) is 20.7. The lowest BCUT2D eigenvalue weighted by Gasteiger charge is -2.36. The third-order valence-electron chi connectivity index (χ3n) is 8.80. The van der Waals surface area contributed by atoms with Crippen LogP contribution < -0.4 is 4.74 Å². The number of methoxy groups -OCH3 is 2. The van der Waals surface area contributed by atoms with E-state index in [1.165, 1.54) is 7.11 Å². The van der Waals surface area contributed by atoms with Gasteiger partial charge < -0.3 is 14.2 Å². The Morgan fingerprint density at radius 3 is 2.42 bits per heavy atom. The van der Waals surface area contributed by atoms with Crippen LogP contribution in [0.2, 0.25) is 0 Å². The van der Waals surface area contributed by atoms with Gasteiger partial charge in [0.15, 0.2) is 0 Å². The number of nitrogens with zero attached hydrogens (tertiary/aromatic N) is 1. The van der Waals surface area contributed by atoms with Crippen molar-refractivity contribution in [2.45, 2.75) is 91.0 Å². The topological polar surface area (TPSA) is 65.1 Å². The van der Waals surface area contributed by atoms with Gasteiger partial charge in [-0.05, 0) is 85.1 Å². The summed E-state index contributed by atoms with van der Waals surface area (Å²) in [6, 6.07) is 9.26. The smallest absolute Gasteiger partial charge is 0.416 e. The van der Waals surface area contributed by atoms with Crippen LogP contribution in [0.3, 0.4) is 0 Å². The Balaban J connectivity index is 1.73. The predicted molar refractivity (Wildman–Crippen MR) is 159 cm³/mol. The number of hydrogen-bond acceptors (Lipinski definition) is 5. The summed E-state index contributed by atoms with van der Waals surface area (Å²) in [7, 11) is 2.99. The molecule has 4 rings (SSSR count). The van der Waals surface area contributed by atoms with Crippen molar-refractivity contribution >= 4 is 17.6 Å². The predicted octanol–water partition coefficient (Wildman–Crippen LogP) is 8.41. The molecule has 2 aromatic rings. The van der Waals surface area contributed by atoms with Gasteiger partial charge in [-0.2, -0.15) is 13.2 Å². The molecule has 2 atom stereocenters. The summed E-state index contributed by atoms with van der Waals surface area (Å²) < 4.78 is 57.1. The maximum absolute atomic E-state index is 13.6. The molecule has 0 N–H and O–H groups in total. The molecule has 1 saturated heterocycles. The van der Waals surface area contributed by atoms with Gasteiger partial charge in [-0.15, -0.1) is 0 Å². The van der Waals surface area contributed by atoms with E-state index in [2.05, 4.69) is 19.9 Å². The quantitative estimate of drug-likeness (QED) is 0.284. The van der Waals surface area contributed by atoms with E-state index in [0.717, 1.165) is 53.7 Å². The van der Waals surface area contributed by atoms with E-state index < -0.39 is 35.4 Å². The lowest BCUT2D eigenvalue weighted by atomic mass is 9.72. The number of esters is 1. The SMILES string of the molecule is COC(=O)CC(C)(C)c1ccc(OC)c(C2=C(CN3C(=O)O[C@H](c4cc(C)cc(C(F)(F)F)c4)[C@@H]3C)CC(C)(C)CC2)c1. The Morgan fingerprint density at radius 2 is 1.79 bits per heavy atom. The first kappa shape index (κ1) is 32.4. The van der Waals surface area contributed by atoms with Gasteiger partial charge in [-0.3, -0.25) is 9.69 Å². The third-order valence-corrected chi connectivity index (χ3v) is 8.80. The molecule has 234 valence electrons. The average molecular weight is 602 g/mol. The Bertz CT molecular complexity index is 1430. The average Bonchev–Trinajstić information content (AvgIpc) is 3.19.